The Morgan fingerprint density at radius 3 is 2.71 bits per heavy atom. The van der Waals surface area contributed by atoms with Gasteiger partial charge in [-0.3, -0.25) is 0 Å². The van der Waals surface area contributed by atoms with Gasteiger partial charge in [0.05, 0.1) is 22.1 Å². The Bertz CT molecular complexity index is 898. The number of benzene rings is 2. The van der Waals surface area contributed by atoms with E-state index in [9.17, 15) is 0 Å². The lowest BCUT2D eigenvalue weighted by molar-refractivity contribution is 0.297. The smallest absolute Gasteiger partial charge is 0.178 e. The molecule has 0 aliphatic rings. The molecule has 1 heterocycles. The molecule has 0 spiro atoms. The molecule has 3 aromatic rings. The summed E-state index contributed by atoms with van der Waals surface area (Å²) >= 11 is 7.10. The lowest BCUT2D eigenvalue weighted by Gasteiger charge is -2.15. The van der Waals surface area contributed by atoms with Crippen LogP contribution in [0, 0.1) is 11.3 Å². The van der Waals surface area contributed by atoms with Gasteiger partial charge in [0.1, 0.15) is 11.9 Å². The van der Waals surface area contributed by atoms with Crippen molar-refractivity contribution in [3.05, 3.63) is 39.3 Å². The molecule has 0 radical (unpaired) electrons. The lowest BCUT2D eigenvalue weighted by atomic mass is 10.2. The van der Waals surface area contributed by atoms with Crippen molar-refractivity contribution >= 4 is 42.9 Å². The van der Waals surface area contributed by atoms with Crippen LogP contribution in [0.3, 0.4) is 0 Å². The number of aromatic nitrogens is 2. The predicted octanol–water partition coefficient (Wildman–Crippen LogP) is 5.06. The molecule has 1 aromatic heterocycles. The van der Waals surface area contributed by atoms with E-state index in [4.69, 9.17) is 14.7 Å². The second-order valence-electron chi connectivity index (χ2n) is 4.86. The molecule has 5 nitrogen and oxygen atoms in total. The molecule has 7 heteroatoms. The van der Waals surface area contributed by atoms with Gasteiger partial charge >= 0.3 is 0 Å². The predicted molar refractivity (Wildman–Crippen MR) is 99.2 cm³/mol. The van der Waals surface area contributed by atoms with Crippen molar-refractivity contribution in [3.63, 3.8) is 0 Å². The van der Waals surface area contributed by atoms with Gasteiger partial charge < -0.3 is 14.5 Å². The molecule has 0 atom stereocenters. The normalized spacial score (nSPS) is 10.6. The van der Waals surface area contributed by atoms with Crippen LogP contribution in [-0.2, 0) is 0 Å². The summed E-state index contributed by atoms with van der Waals surface area (Å²) < 4.78 is 12.6. The molecule has 24 heavy (non-hydrogen) atoms. The summed E-state index contributed by atoms with van der Waals surface area (Å²) in [5.74, 6) is 1.76. The van der Waals surface area contributed by atoms with E-state index >= 15 is 0 Å². The van der Waals surface area contributed by atoms with Gasteiger partial charge in [0, 0.05) is 10.0 Å². The van der Waals surface area contributed by atoms with Crippen LogP contribution in [-0.4, -0.2) is 23.2 Å². The van der Waals surface area contributed by atoms with E-state index in [1.54, 1.807) is 0 Å². The second kappa shape index (κ2) is 7.24. The molecule has 0 bridgehead atoms. The van der Waals surface area contributed by atoms with E-state index < -0.39 is 0 Å². The van der Waals surface area contributed by atoms with E-state index in [1.165, 1.54) is 0 Å². The van der Waals surface area contributed by atoms with Gasteiger partial charge in [-0.1, -0.05) is 12.1 Å². The van der Waals surface area contributed by atoms with Crippen molar-refractivity contribution in [2.75, 3.05) is 13.2 Å². The summed E-state index contributed by atoms with van der Waals surface area (Å²) in [7, 11) is 0. The first kappa shape index (κ1) is 16.8. The number of ether oxygens (including phenoxy) is 2. The van der Waals surface area contributed by atoms with Gasteiger partial charge in [-0.05, 0) is 57.0 Å². The molecular formula is C17H13Br2N3O2. The van der Waals surface area contributed by atoms with Crippen molar-refractivity contribution in [3.8, 4) is 29.0 Å². The fraction of sp³-hybridized carbons (Fsp3) is 0.176. The highest BCUT2D eigenvalue weighted by molar-refractivity contribution is 9.13. The summed E-state index contributed by atoms with van der Waals surface area (Å²) in [6.07, 6.45) is 0. The highest BCUT2D eigenvalue weighted by Gasteiger charge is 2.20. The van der Waals surface area contributed by atoms with Crippen molar-refractivity contribution in [1.29, 1.82) is 5.26 Å². The molecule has 0 amide bonds. The number of rotatable bonds is 5. The summed E-state index contributed by atoms with van der Waals surface area (Å²) in [4.78, 5) is 7.92. The van der Waals surface area contributed by atoms with Gasteiger partial charge in [0.2, 0.25) is 0 Å². The van der Waals surface area contributed by atoms with Gasteiger partial charge in [-0.2, -0.15) is 5.26 Å². The molecule has 0 saturated heterocycles. The minimum Gasteiger partial charge on any atom is -0.490 e. The highest BCUT2D eigenvalue weighted by atomic mass is 79.9. The number of hydrogen-bond donors (Lipinski definition) is 1. The van der Waals surface area contributed by atoms with Crippen LogP contribution < -0.4 is 9.47 Å². The molecule has 0 aliphatic carbocycles. The Labute approximate surface area is 155 Å². The van der Waals surface area contributed by atoms with Crippen molar-refractivity contribution in [1.82, 2.24) is 9.97 Å². The number of aromatic amines is 1. The van der Waals surface area contributed by atoms with Crippen LogP contribution in [0.4, 0.5) is 0 Å². The maximum Gasteiger partial charge on any atom is 0.178 e. The number of imidazole rings is 1. The third-order valence-corrected chi connectivity index (χ3v) is 5.47. The summed E-state index contributed by atoms with van der Waals surface area (Å²) in [6.45, 7) is 2.32. The number of fused-ring (bicyclic) bond motifs is 1. The standard InChI is InChI=1S/C17H13Br2N3O2/c1-2-23-13-9-10(14(18)15(19)16(13)24-8-7-20)17-21-11-5-3-4-6-12(11)22-17/h3-6,9H,2,8H2,1H3,(H,21,22). The molecule has 2 aromatic carbocycles. The first-order valence-electron chi connectivity index (χ1n) is 7.25. The van der Waals surface area contributed by atoms with Crippen molar-refractivity contribution in [2.24, 2.45) is 0 Å². The van der Waals surface area contributed by atoms with Gasteiger partial charge in [-0.25, -0.2) is 4.98 Å². The molecule has 122 valence electrons. The SMILES string of the molecule is CCOc1cc(-c2nc3ccccc3[nH]2)c(Br)c(Br)c1OCC#N. The van der Waals surface area contributed by atoms with E-state index in [2.05, 4.69) is 41.8 Å². The minimum atomic E-state index is -0.0604. The summed E-state index contributed by atoms with van der Waals surface area (Å²) in [6, 6.07) is 11.6. The van der Waals surface area contributed by atoms with E-state index in [0.717, 1.165) is 26.9 Å². The summed E-state index contributed by atoms with van der Waals surface area (Å²) in [5.41, 5.74) is 2.68. The number of nitriles is 1. The monoisotopic (exact) mass is 449 g/mol. The lowest BCUT2D eigenvalue weighted by Crippen LogP contribution is -2.01. The maximum atomic E-state index is 8.76. The van der Waals surface area contributed by atoms with E-state index in [0.29, 0.717) is 22.6 Å². The third kappa shape index (κ3) is 3.12. The third-order valence-electron chi connectivity index (χ3n) is 3.35. The fourth-order valence-corrected chi connectivity index (χ4v) is 3.35. The van der Waals surface area contributed by atoms with Crippen LogP contribution >= 0.6 is 31.9 Å². The highest BCUT2D eigenvalue weighted by Crippen LogP contribution is 2.45. The van der Waals surface area contributed by atoms with E-state index in [-0.39, 0.29) is 6.61 Å². The number of para-hydroxylation sites is 2. The van der Waals surface area contributed by atoms with Crippen molar-refractivity contribution < 1.29 is 9.47 Å². The zero-order valence-electron chi connectivity index (χ0n) is 12.8. The fourth-order valence-electron chi connectivity index (χ4n) is 2.34. The van der Waals surface area contributed by atoms with Crippen LogP contribution in [0.1, 0.15) is 6.92 Å². The molecule has 0 saturated carbocycles. The van der Waals surface area contributed by atoms with Crippen molar-refractivity contribution in [2.45, 2.75) is 6.92 Å². The zero-order chi connectivity index (χ0) is 17.1. The van der Waals surface area contributed by atoms with Gasteiger partial charge in [-0.15, -0.1) is 0 Å². The Morgan fingerprint density at radius 1 is 1.21 bits per heavy atom. The Hall–Kier alpha value is -2.04. The largest absolute Gasteiger partial charge is 0.490 e. The van der Waals surface area contributed by atoms with Gasteiger partial charge in [0.25, 0.3) is 0 Å². The average molecular weight is 451 g/mol. The Balaban J connectivity index is 2.15. The minimum absolute atomic E-state index is 0.0604. The quantitative estimate of drug-likeness (QED) is 0.589. The topological polar surface area (TPSA) is 70.9 Å². The number of H-pyrrole nitrogens is 1. The molecule has 3 rings (SSSR count). The first-order valence-corrected chi connectivity index (χ1v) is 8.84. The van der Waals surface area contributed by atoms with E-state index in [1.807, 2.05) is 43.3 Å². The van der Waals surface area contributed by atoms with Crippen LogP contribution in [0.25, 0.3) is 22.4 Å². The van der Waals surface area contributed by atoms with Crippen LogP contribution in [0.2, 0.25) is 0 Å². The zero-order valence-corrected chi connectivity index (χ0v) is 15.9. The molecule has 0 unspecified atom stereocenters. The molecular weight excluding hydrogens is 438 g/mol. The average Bonchev–Trinajstić information content (AvgIpc) is 3.01. The number of halogens is 2. The Kier molecular flexibility index (Phi) is 5.07. The second-order valence-corrected chi connectivity index (χ2v) is 6.45. The Morgan fingerprint density at radius 2 is 2.00 bits per heavy atom. The van der Waals surface area contributed by atoms with Crippen LogP contribution in [0.5, 0.6) is 11.5 Å². The molecule has 1 N–H and O–H groups in total. The molecule has 0 aliphatic heterocycles. The first-order chi connectivity index (χ1) is 11.7. The number of nitrogens with zero attached hydrogens (tertiary/aromatic N) is 2. The maximum absolute atomic E-state index is 8.76. The van der Waals surface area contributed by atoms with Crippen LogP contribution in [0.15, 0.2) is 39.3 Å². The number of hydrogen-bond acceptors (Lipinski definition) is 4. The molecule has 0 fully saturated rings. The summed E-state index contributed by atoms with van der Waals surface area (Å²) in [5, 5.41) is 8.76. The van der Waals surface area contributed by atoms with Gasteiger partial charge in [0.15, 0.2) is 18.1 Å². The number of nitrogens with one attached hydrogen (secondary N) is 1.